The fourth-order valence-corrected chi connectivity index (χ4v) is 9.14. The third-order valence-electron chi connectivity index (χ3n) is 7.90. The minimum absolute atomic E-state index is 0.0222. The average Bonchev–Trinajstić information content (AvgIpc) is 3.43. The first-order valence-electron chi connectivity index (χ1n) is 11.8. The number of esters is 2. The molecule has 9 nitrogen and oxygen atoms in total. The molecule has 1 spiro atoms. The van der Waals surface area contributed by atoms with Gasteiger partial charge in [0.2, 0.25) is 11.8 Å². The van der Waals surface area contributed by atoms with E-state index in [0.717, 1.165) is 18.4 Å². The molecule has 5 rings (SSSR count). The van der Waals surface area contributed by atoms with Gasteiger partial charge in [0.05, 0.1) is 22.5 Å². The summed E-state index contributed by atoms with van der Waals surface area (Å²) >= 11 is 1.37. The summed E-state index contributed by atoms with van der Waals surface area (Å²) in [6, 6.07) is 6.08. The third kappa shape index (κ3) is 3.78. The Labute approximate surface area is 213 Å². The first-order chi connectivity index (χ1) is 17.0. The molecule has 0 aromatic heterocycles. The Bertz CT molecular complexity index is 1270. The molecule has 3 saturated carbocycles. The van der Waals surface area contributed by atoms with Crippen LogP contribution in [0, 0.1) is 36.0 Å². The largest absolute Gasteiger partial charge is 0.461 e. The smallest absolute Gasteiger partial charge is 0.333 e. The minimum atomic E-state index is -4.28. The number of carbonyl (C=O) groups excluding carboxylic acids is 4. The molecule has 0 N–H and O–H groups in total. The van der Waals surface area contributed by atoms with Gasteiger partial charge in [-0.25, -0.2) is 13.2 Å². The fraction of sp³-hybridized carbons (Fsp3) is 0.520. The summed E-state index contributed by atoms with van der Waals surface area (Å²) in [5, 5.41) is -0.0300. The van der Waals surface area contributed by atoms with E-state index in [1.165, 1.54) is 30.8 Å². The average molecular weight is 534 g/mol. The molecule has 3 aliphatic carbocycles. The lowest BCUT2D eigenvalue weighted by atomic mass is 9.66. The van der Waals surface area contributed by atoms with E-state index in [2.05, 4.69) is 6.58 Å². The Morgan fingerprint density at radius 2 is 1.72 bits per heavy atom. The fourth-order valence-electron chi connectivity index (χ4n) is 6.22. The second-order valence-electron chi connectivity index (χ2n) is 10.1. The van der Waals surface area contributed by atoms with Gasteiger partial charge in [0, 0.05) is 10.8 Å². The van der Waals surface area contributed by atoms with E-state index in [-0.39, 0.29) is 51.9 Å². The highest BCUT2D eigenvalue weighted by Crippen LogP contribution is 2.82. The number of sulfonamides is 1. The van der Waals surface area contributed by atoms with Crippen LogP contribution in [0.15, 0.2) is 41.3 Å². The van der Waals surface area contributed by atoms with Gasteiger partial charge in [0.1, 0.15) is 13.2 Å². The number of thioether (sulfide) groups is 1. The lowest BCUT2D eigenvalue weighted by Gasteiger charge is -2.45. The lowest BCUT2D eigenvalue weighted by Crippen LogP contribution is -2.47. The van der Waals surface area contributed by atoms with Crippen molar-refractivity contribution in [1.82, 2.24) is 4.31 Å². The molecule has 4 aliphatic rings. The van der Waals surface area contributed by atoms with Gasteiger partial charge in [-0.15, -0.1) is 11.8 Å². The summed E-state index contributed by atoms with van der Waals surface area (Å²) in [5.41, 5.74) is 1.04. The lowest BCUT2D eigenvalue weighted by molar-refractivity contribution is -0.148. The van der Waals surface area contributed by atoms with Crippen molar-refractivity contribution in [2.75, 3.05) is 19.0 Å². The normalized spacial score (nSPS) is 31.7. The summed E-state index contributed by atoms with van der Waals surface area (Å²) in [6.07, 6.45) is 1.61. The topological polar surface area (TPSA) is 124 Å². The number of rotatable bonds is 9. The van der Waals surface area contributed by atoms with Gasteiger partial charge in [-0.3, -0.25) is 14.4 Å². The maximum absolute atomic E-state index is 13.4. The van der Waals surface area contributed by atoms with Crippen molar-refractivity contribution in [3.63, 3.8) is 0 Å². The number of hydrogen-bond acceptors (Lipinski definition) is 9. The van der Waals surface area contributed by atoms with Crippen LogP contribution in [-0.2, 0) is 38.7 Å². The highest BCUT2D eigenvalue weighted by atomic mass is 32.2. The summed E-state index contributed by atoms with van der Waals surface area (Å²) < 4.78 is 36.9. The van der Waals surface area contributed by atoms with Crippen molar-refractivity contribution in [2.45, 2.75) is 36.8 Å². The molecule has 1 aromatic rings. The van der Waals surface area contributed by atoms with Crippen molar-refractivity contribution in [3.8, 4) is 0 Å². The molecular formula is C25H27NO8S2. The van der Waals surface area contributed by atoms with Gasteiger partial charge in [0.15, 0.2) is 0 Å². The molecule has 36 heavy (non-hydrogen) atoms. The number of imide groups is 1. The summed E-state index contributed by atoms with van der Waals surface area (Å²) in [7, 11) is -4.28. The van der Waals surface area contributed by atoms with Crippen LogP contribution in [0.1, 0.15) is 25.3 Å². The monoisotopic (exact) mass is 533 g/mol. The standard InChI is InChI=1S/C25H27NO8S2/c1-13(2)24(30)34-9-8-33-18(27)12-35-17-11-25-10-16(25)19-20(21(17)25)23(29)26(22(19)28)36(31,32)15-6-4-14(3)5-7-15/h4-7,16-17,19-21H,1,8-12H2,2-3H3. The number of aryl methyl sites for hydroxylation is 1. The predicted molar refractivity (Wildman–Crippen MR) is 129 cm³/mol. The zero-order valence-electron chi connectivity index (χ0n) is 20.0. The molecule has 2 amide bonds. The van der Waals surface area contributed by atoms with Crippen LogP contribution >= 0.6 is 11.8 Å². The second kappa shape index (κ2) is 8.72. The first-order valence-corrected chi connectivity index (χ1v) is 14.3. The number of amides is 2. The van der Waals surface area contributed by atoms with Crippen LogP contribution in [0.3, 0.4) is 0 Å². The van der Waals surface area contributed by atoms with E-state index in [9.17, 15) is 27.6 Å². The molecule has 6 atom stereocenters. The Morgan fingerprint density at radius 3 is 2.39 bits per heavy atom. The van der Waals surface area contributed by atoms with E-state index >= 15 is 0 Å². The van der Waals surface area contributed by atoms with Crippen LogP contribution in [0.25, 0.3) is 0 Å². The van der Waals surface area contributed by atoms with E-state index in [1.807, 2.05) is 6.92 Å². The summed E-state index contributed by atoms with van der Waals surface area (Å²) in [6.45, 7) is 6.68. The summed E-state index contributed by atoms with van der Waals surface area (Å²) in [4.78, 5) is 50.0. The molecule has 0 radical (unpaired) electrons. The van der Waals surface area contributed by atoms with E-state index in [0.29, 0.717) is 4.31 Å². The van der Waals surface area contributed by atoms with E-state index in [1.54, 1.807) is 12.1 Å². The van der Waals surface area contributed by atoms with Crippen LogP contribution in [0.2, 0.25) is 0 Å². The summed E-state index contributed by atoms with van der Waals surface area (Å²) in [5.74, 6) is -3.60. The van der Waals surface area contributed by atoms with Gasteiger partial charge in [-0.05, 0) is 56.1 Å². The molecule has 1 heterocycles. The van der Waals surface area contributed by atoms with Crippen molar-refractivity contribution < 1.29 is 37.1 Å². The number of nitrogens with zero attached hydrogens (tertiary/aromatic N) is 1. The highest BCUT2D eigenvalue weighted by Gasteiger charge is 2.83. The zero-order chi connectivity index (χ0) is 26.0. The molecule has 1 saturated heterocycles. The molecule has 11 heteroatoms. The van der Waals surface area contributed by atoms with Gasteiger partial charge >= 0.3 is 11.9 Å². The van der Waals surface area contributed by atoms with Crippen molar-refractivity contribution >= 4 is 45.5 Å². The highest BCUT2D eigenvalue weighted by molar-refractivity contribution is 8.00. The van der Waals surface area contributed by atoms with Gasteiger partial charge in [0.25, 0.3) is 10.0 Å². The van der Waals surface area contributed by atoms with Crippen LogP contribution < -0.4 is 0 Å². The van der Waals surface area contributed by atoms with Crippen LogP contribution in [0.5, 0.6) is 0 Å². The SMILES string of the molecule is C=C(C)C(=O)OCCOC(=O)CSC1CC23CC2C2C(=O)N(S(=O)(=O)c4ccc(C)cc4)C(=O)C2C13. The van der Waals surface area contributed by atoms with Crippen molar-refractivity contribution in [1.29, 1.82) is 0 Å². The quantitative estimate of drug-likeness (QED) is 0.203. The first kappa shape index (κ1) is 25.0. The van der Waals surface area contributed by atoms with Crippen LogP contribution in [0.4, 0.5) is 0 Å². The predicted octanol–water partition coefficient (Wildman–Crippen LogP) is 2.09. The number of carbonyl (C=O) groups is 4. The third-order valence-corrected chi connectivity index (χ3v) is 10.9. The molecule has 6 unspecified atom stereocenters. The van der Waals surface area contributed by atoms with Gasteiger partial charge in [-0.2, -0.15) is 4.31 Å². The molecular weight excluding hydrogens is 506 g/mol. The number of hydrogen-bond donors (Lipinski definition) is 0. The Hall–Kier alpha value is -2.66. The Morgan fingerprint density at radius 1 is 1.08 bits per heavy atom. The molecule has 1 aromatic carbocycles. The Kier molecular flexibility index (Phi) is 6.06. The van der Waals surface area contributed by atoms with Gasteiger partial charge < -0.3 is 9.47 Å². The van der Waals surface area contributed by atoms with Crippen molar-refractivity contribution in [2.24, 2.45) is 29.1 Å². The van der Waals surface area contributed by atoms with Crippen LogP contribution in [-0.4, -0.2) is 60.7 Å². The molecule has 1 aliphatic heterocycles. The molecule has 4 fully saturated rings. The van der Waals surface area contributed by atoms with E-state index < -0.39 is 45.6 Å². The maximum Gasteiger partial charge on any atom is 0.333 e. The molecule has 192 valence electrons. The zero-order valence-corrected chi connectivity index (χ0v) is 21.6. The maximum atomic E-state index is 13.4. The van der Waals surface area contributed by atoms with E-state index in [4.69, 9.17) is 9.47 Å². The second-order valence-corrected chi connectivity index (χ2v) is 13.1. The van der Waals surface area contributed by atoms with Crippen molar-refractivity contribution in [3.05, 3.63) is 42.0 Å². The number of benzene rings is 1. The number of ether oxygens (including phenoxy) is 2. The number of fused-ring (bicyclic) bond motifs is 3. The van der Waals surface area contributed by atoms with Gasteiger partial charge in [-0.1, -0.05) is 24.3 Å². The Balaban J connectivity index is 1.21. The minimum Gasteiger partial charge on any atom is -0.461 e. The molecule has 0 bridgehead atoms.